The SMILES string of the molecule is COC(=O)C1CCN(C(=O)CN)CC1. The van der Waals surface area contributed by atoms with Crippen LogP contribution in [0.1, 0.15) is 12.8 Å². The summed E-state index contributed by atoms with van der Waals surface area (Å²) in [5.74, 6) is -0.278. The molecule has 1 amide bonds. The van der Waals surface area contributed by atoms with E-state index in [1.807, 2.05) is 0 Å². The van der Waals surface area contributed by atoms with Gasteiger partial charge < -0.3 is 15.4 Å². The summed E-state index contributed by atoms with van der Waals surface area (Å²) in [7, 11) is 1.39. The third kappa shape index (κ3) is 2.45. The number of ether oxygens (including phenoxy) is 1. The maximum absolute atomic E-state index is 11.2. The van der Waals surface area contributed by atoms with Crippen molar-refractivity contribution in [3.63, 3.8) is 0 Å². The van der Waals surface area contributed by atoms with Gasteiger partial charge in [0.05, 0.1) is 19.6 Å². The first-order valence-electron chi connectivity index (χ1n) is 4.74. The highest BCUT2D eigenvalue weighted by Crippen LogP contribution is 2.18. The summed E-state index contributed by atoms with van der Waals surface area (Å²) in [6.07, 6.45) is 1.36. The Hall–Kier alpha value is -1.10. The minimum Gasteiger partial charge on any atom is -0.469 e. The van der Waals surface area contributed by atoms with E-state index in [-0.39, 0.29) is 24.3 Å². The molecule has 0 atom stereocenters. The van der Waals surface area contributed by atoms with Crippen molar-refractivity contribution in [3.05, 3.63) is 0 Å². The van der Waals surface area contributed by atoms with E-state index >= 15 is 0 Å². The number of carbonyl (C=O) groups is 2. The Balaban J connectivity index is 2.38. The van der Waals surface area contributed by atoms with Crippen molar-refractivity contribution >= 4 is 11.9 Å². The van der Waals surface area contributed by atoms with Gasteiger partial charge in [-0.2, -0.15) is 0 Å². The van der Waals surface area contributed by atoms with Crippen LogP contribution in [0.5, 0.6) is 0 Å². The number of hydrogen-bond donors (Lipinski definition) is 1. The molecule has 1 heterocycles. The molecule has 0 bridgehead atoms. The molecular formula is C9H16N2O3. The number of nitrogens with zero attached hydrogens (tertiary/aromatic N) is 1. The standard InChI is InChI=1S/C9H16N2O3/c1-14-9(13)7-2-4-11(5-3-7)8(12)6-10/h7H,2-6,10H2,1H3. The molecule has 0 spiro atoms. The summed E-state index contributed by atoms with van der Waals surface area (Å²) < 4.78 is 4.64. The maximum atomic E-state index is 11.2. The van der Waals surface area contributed by atoms with Gasteiger partial charge in [-0.15, -0.1) is 0 Å². The molecule has 1 rings (SSSR count). The van der Waals surface area contributed by atoms with E-state index in [1.54, 1.807) is 4.90 Å². The van der Waals surface area contributed by atoms with E-state index in [4.69, 9.17) is 5.73 Å². The van der Waals surface area contributed by atoms with Gasteiger partial charge >= 0.3 is 5.97 Å². The van der Waals surface area contributed by atoms with Gasteiger partial charge in [0.15, 0.2) is 0 Å². The normalized spacial score (nSPS) is 18.0. The quantitative estimate of drug-likeness (QED) is 0.602. The molecule has 0 unspecified atom stereocenters. The molecule has 2 N–H and O–H groups in total. The molecule has 80 valence electrons. The molecule has 0 aliphatic carbocycles. The van der Waals surface area contributed by atoms with E-state index < -0.39 is 0 Å². The predicted octanol–water partition coefficient (Wildman–Crippen LogP) is -0.643. The molecule has 0 aromatic rings. The molecule has 5 nitrogen and oxygen atoms in total. The molecule has 1 aliphatic rings. The topological polar surface area (TPSA) is 72.6 Å². The number of rotatable bonds is 2. The van der Waals surface area contributed by atoms with Crippen LogP contribution in [0.2, 0.25) is 0 Å². The summed E-state index contributed by atoms with van der Waals surface area (Å²) in [5.41, 5.74) is 5.24. The molecule has 0 aromatic carbocycles. The van der Waals surface area contributed by atoms with Gasteiger partial charge in [0.25, 0.3) is 0 Å². The highest BCUT2D eigenvalue weighted by molar-refractivity contribution is 5.78. The minimum absolute atomic E-state index is 0.0445. The minimum atomic E-state index is -0.176. The molecular weight excluding hydrogens is 184 g/mol. The van der Waals surface area contributed by atoms with E-state index in [0.29, 0.717) is 25.9 Å². The molecule has 5 heteroatoms. The van der Waals surface area contributed by atoms with Gasteiger partial charge in [0, 0.05) is 13.1 Å². The van der Waals surface area contributed by atoms with Crippen molar-refractivity contribution in [2.75, 3.05) is 26.7 Å². The predicted molar refractivity (Wildman–Crippen MR) is 50.4 cm³/mol. The lowest BCUT2D eigenvalue weighted by atomic mass is 9.97. The van der Waals surface area contributed by atoms with Crippen LogP contribution in [0.25, 0.3) is 0 Å². The first-order valence-corrected chi connectivity index (χ1v) is 4.74. The van der Waals surface area contributed by atoms with Gasteiger partial charge in [-0.25, -0.2) is 0 Å². The van der Waals surface area contributed by atoms with Gasteiger partial charge in [-0.3, -0.25) is 9.59 Å². The summed E-state index contributed by atoms with van der Waals surface area (Å²) in [6.45, 7) is 1.26. The van der Waals surface area contributed by atoms with Crippen molar-refractivity contribution in [1.29, 1.82) is 0 Å². The summed E-state index contributed by atoms with van der Waals surface area (Å²) in [5, 5.41) is 0. The van der Waals surface area contributed by atoms with Gasteiger partial charge in [0.2, 0.25) is 5.91 Å². The Morgan fingerprint density at radius 1 is 1.43 bits per heavy atom. The number of carbonyl (C=O) groups excluding carboxylic acids is 2. The van der Waals surface area contributed by atoms with Crippen molar-refractivity contribution in [2.24, 2.45) is 11.7 Å². The van der Waals surface area contributed by atoms with Crippen LogP contribution in [0.3, 0.4) is 0 Å². The monoisotopic (exact) mass is 200 g/mol. The number of esters is 1. The second kappa shape index (κ2) is 4.95. The average molecular weight is 200 g/mol. The largest absolute Gasteiger partial charge is 0.469 e. The Labute approximate surface area is 83.2 Å². The number of amides is 1. The zero-order valence-corrected chi connectivity index (χ0v) is 8.36. The van der Waals surface area contributed by atoms with Crippen LogP contribution in [0, 0.1) is 5.92 Å². The van der Waals surface area contributed by atoms with E-state index in [1.165, 1.54) is 7.11 Å². The highest BCUT2D eigenvalue weighted by atomic mass is 16.5. The van der Waals surface area contributed by atoms with Gasteiger partial charge in [0.1, 0.15) is 0 Å². The van der Waals surface area contributed by atoms with Gasteiger partial charge in [-0.05, 0) is 12.8 Å². The first kappa shape index (κ1) is 11.0. The van der Waals surface area contributed by atoms with Gasteiger partial charge in [-0.1, -0.05) is 0 Å². The van der Waals surface area contributed by atoms with Crippen molar-refractivity contribution < 1.29 is 14.3 Å². The molecule has 0 saturated carbocycles. The van der Waals surface area contributed by atoms with Crippen LogP contribution in [-0.2, 0) is 14.3 Å². The lowest BCUT2D eigenvalue weighted by molar-refractivity contribution is -0.148. The Morgan fingerprint density at radius 3 is 2.43 bits per heavy atom. The van der Waals surface area contributed by atoms with Crippen molar-refractivity contribution in [3.8, 4) is 0 Å². The highest BCUT2D eigenvalue weighted by Gasteiger charge is 2.27. The fourth-order valence-electron chi connectivity index (χ4n) is 1.66. The third-order valence-electron chi connectivity index (χ3n) is 2.56. The van der Waals surface area contributed by atoms with E-state index in [2.05, 4.69) is 4.74 Å². The van der Waals surface area contributed by atoms with Crippen molar-refractivity contribution in [2.45, 2.75) is 12.8 Å². The fourth-order valence-corrected chi connectivity index (χ4v) is 1.66. The summed E-state index contributed by atoms with van der Waals surface area (Å²) in [6, 6.07) is 0. The number of likely N-dealkylation sites (tertiary alicyclic amines) is 1. The number of methoxy groups -OCH3 is 1. The van der Waals surface area contributed by atoms with Crippen LogP contribution in [0.15, 0.2) is 0 Å². The number of hydrogen-bond acceptors (Lipinski definition) is 4. The van der Waals surface area contributed by atoms with Crippen LogP contribution in [0.4, 0.5) is 0 Å². The summed E-state index contributed by atoms with van der Waals surface area (Å²) in [4.78, 5) is 24.1. The number of nitrogens with two attached hydrogens (primary N) is 1. The third-order valence-corrected chi connectivity index (χ3v) is 2.56. The molecule has 1 aliphatic heterocycles. The average Bonchev–Trinajstić information content (AvgIpc) is 2.27. The van der Waals surface area contributed by atoms with E-state index in [0.717, 1.165) is 0 Å². The fraction of sp³-hybridized carbons (Fsp3) is 0.778. The lowest BCUT2D eigenvalue weighted by Gasteiger charge is -2.30. The summed E-state index contributed by atoms with van der Waals surface area (Å²) >= 11 is 0. The van der Waals surface area contributed by atoms with Crippen LogP contribution < -0.4 is 5.73 Å². The smallest absolute Gasteiger partial charge is 0.308 e. The lowest BCUT2D eigenvalue weighted by Crippen LogP contribution is -2.43. The zero-order chi connectivity index (χ0) is 10.6. The zero-order valence-electron chi connectivity index (χ0n) is 8.36. The van der Waals surface area contributed by atoms with Crippen LogP contribution in [-0.4, -0.2) is 43.5 Å². The van der Waals surface area contributed by atoms with Crippen LogP contribution >= 0.6 is 0 Å². The molecule has 1 saturated heterocycles. The van der Waals surface area contributed by atoms with Crippen molar-refractivity contribution in [1.82, 2.24) is 4.90 Å². The second-order valence-corrected chi connectivity index (χ2v) is 3.38. The Morgan fingerprint density at radius 2 is 2.00 bits per heavy atom. The first-order chi connectivity index (χ1) is 6.69. The molecule has 0 aromatic heterocycles. The molecule has 0 radical (unpaired) electrons. The Kier molecular flexibility index (Phi) is 3.88. The number of piperidine rings is 1. The molecule has 1 fully saturated rings. The molecule has 14 heavy (non-hydrogen) atoms. The Bertz CT molecular complexity index is 198. The second-order valence-electron chi connectivity index (χ2n) is 3.38. The van der Waals surface area contributed by atoms with E-state index in [9.17, 15) is 9.59 Å². The maximum Gasteiger partial charge on any atom is 0.308 e.